The molecule has 2 N–H and O–H groups in total. The molecular weight excluding hydrogens is 701 g/mol. The molecule has 0 unspecified atom stereocenters. The Labute approximate surface area is 340 Å². The fourth-order valence-corrected chi connectivity index (χ4v) is 14.7. The van der Waals surface area contributed by atoms with Crippen molar-refractivity contribution in [2.75, 3.05) is 40.3 Å². The Morgan fingerprint density at radius 3 is 2.16 bits per heavy atom. The molecule has 6 aliphatic rings. The van der Waals surface area contributed by atoms with Crippen LogP contribution in [-0.2, 0) is 19.1 Å². The van der Waals surface area contributed by atoms with Gasteiger partial charge in [-0.05, 0) is 144 Å². The second-order valence-corrected chi connectivity index (χ2v) is 22.6. The van der Waals surface area contributed by atoms with E-state index in [0.29, 0.717) is 30.7 Å². The number of likely N-dealkylation sites (N-methyl/N-ethyl adjacent to an activating group) is 1. The number of carboxylic acids is 1. The van der Waals surface area contributed by atoms with Crippen molar-refractivity contribution in [3.05, 3.63) is 11.1 Å². The van der Waals surface area contributed by atoms with Crippen molar-refractivity contribution >= 4 is 17.7 Å². The van der Waals surface area contributed by atoms with Gasteiger partial charge in [0.05, 0.1) is 17.9 Å². The summed E-state index contributed by atoms with van der Waals surface area (Å²) in [5.74, 6) is 0.904. The number of hydrogen-bond donors (Lipinski definition) is 2. The summed E-state index contributed by atoms with van der Waals surface area (Å²) in [4.78, 5) is 44.1. The van der Waals surface area contributed by atoms with Crippen LogP contribution in [0.2, 0.25) is 0 Å². The first-order valence-electron chi connectivity index (χ1n) is 22.8. The van der Waals surface area contributed by atoms with Gasteiger partial charge >= 0.3 is 11.9 Å². The maximum atomic E-state index is 14.3. The number of ether oxygens (including phenoxy) is 1. The van der Waals surface area contributed by atoms with Crippen molar-refractivity contribution in [1.82, 2.24) is 9.80 Å². The fraction of sp³-hybridized carbons (Fsp3) is 0.896. The highest BCUT2D eigenvalue weighted by atomic mass is 16.5. The van der Waals surface area contributed by atoms with Gasteiger partial charge in [-0.15, -0.1) is 0 Å². The molecule has 5 saturated carbocycles. The quantitative estimate of drug-likeness (QED) is 0.178. The predicted octanol–water partition coefficient (Wildman–Crippen LogP) is 9.18. The maximum absolute atomic E-state index is 14.3. The van der Waals surface area contributed by atoms with E-state index < -0.39 is 28.9 Å². The molecule has 5 fully saturated rings. The number of aliphatic hydroxyl groups excluding tert-OH is 1. The number of fused-ring (bicyclic) bond motifs is 7. The lowest BCUT2D eigenvalue weighted by molar-refractivity contribution is -0.235. The van der Waals surface area contributed by atoms with Crippen LogP contribution >= 0.6 is 0 Å². The average Bonchev–Trinajstić information content (AvgIpc) is 3.42. The van der Waals surface area contributed by atoms with Crippen molar-refractivity contribution in [1.29, 1.82) is 0 Å². The lowest BCUT2D eigenvalue weighted by Crippen LogP contribution is -2.66. The van der Waals surface area contributed by atoms with Crippen LogP contribution in [-0.4, -0.2) is 90.2 Å². The molecule has 0 aromatic heterocycles. The van der Waals surface area contributed by atoms with Crippen molar-refractivity contribution in [3.63, 3.8) is 0 Å². The van der Waals surface area contributed by atoms with Crippen LogP contribution in [0.25, 0.3) is 0 Å². The Morgan fingerprint density at radius 2 is 1.54 bits per heavy atom. The summed E-state index contributed by atoms with van der Waals surface area (Å²) >= 11 is 0. The average molecular weight is 781 g/mol. The van der Waals surface area contributed by atoms with Crippen LogP contribution in [0.5, 0.6) is 0 Å². The third-order valence-corrected chi connectivity index (χ3v) is 18.0. The molecule has 0 bridgehead atoms. The molecule has 6 rings (SSSR count). The normalized spacial score (nSPS) is 37.9. The molecule has 6 aliphatic carbocycles. The highest BCUT2D eigenvalue weighted by Gasteiger charge is 2.71. The molecule has 8 heteroatoms. The smallest absolute Gasteiger partial charge is 0.309 e. The zero-order valence-corrected chi connectivity index (χ0v) is 37.4. The Kier molecular flexibility index (Phi) is 12.3. The summed E-state index contributed by atoms with van der Waals surface area (Å²) in [5.41, 5.74) is 0.691. The van der Waals surface area contributed by atoms with Crippen LogP contribution in [0.3, 0.4) is 0 Å². The van der Waals surface area contributed by atoms with E-state index in [1.165, 1.54) is 37.7 Å². The first-order valence-corrected chi connectivity index (χ1v) is 22.8. The van der Waals surface area contributed by atoms with Crippen molar-refractivity contribution in [3.8, 4) is 0 Å². The summed E-state index contributed by atoms with van der Waals surface area (Å²) in [6.45, 7) is 23.5. The van der Waals surface area contributed by atoms with Gasteiger partial charge in [0, 0.05) is 43.4 Å². The maximum Gasteiger partial charge on any atom is 0.309 e. The van der Waals surface area contributed by atoms with Crippen molar-refractivity contribution in [2.45, 2.75) is 171 Å². The number of nitrogens with zero attached hydrogens (tertiary/aromatic N) is 2. The lowest BCUT2D eigenvalue weighted by atomic mass is 9.33. The Balaban J connectivity index is 1.27. The molecular formula is C48H80N2O6. The largest absolute Gasteiger partial charge is 0.481 e. The Hall–Kier alpha value is -1.77. The van der Waals surface area contributed by atoms with Gasteiger partial charge < -0.3 is 19.8 Å². The van der Waals surface area contributed by atoms with Crippen molar-refractivity contribution < 1.29 is 29.3 Å². The van der Waals surface area contributed by atoms with Gasteiger partial charge in [-0.1, -0.05) is 73.3 Å². The highest BCUT2D eigenvalue weighted by molar-refractivity contribution is 6.00. The van der Waals surface area contributed by atoms with Gasteiger partial charge in [-0.2, -0.15) is 0 Å². The minimum atomic E-state index is -1.16. The van der Waals surface area contributed by atoms with Gasteiger partial charge in [0.2, 0.25) is 0 Å². The monoisotopic (exact) mass is 781 g/mol. The summed E-state index contributed by atoms with van der Waals surface area (Å²) in [6.07, 6.45) is 14.1. The van der Waals surface area contributed by atoms with E-state index in [1.54, 1.807) is 13.8 Å². The van der Waals surface area contributed by atoms with E-state index >= 15 is 0 Å². The highest BCUT2D eigenvalue weighted by Crippen LogP contribution is 2.77. The van der Waals surface area contributed by atoms with Gasteiger partial charge in [-0.3, -0.25) is 19.3 Å². The molecule has 0 spiro atoms. The second kappa shape index (κ2) is 15.7. The van der Waals surface area contributed by atoms with Gasteiger partial charge in [-0.25, -0.2) is 0 Å². The minimum Gasteiger partial charge on any atom is -0.481 e. The van der Waals surface area contributed by atoms with E-state index in [1.807, 2.05) is 0 Å². The first-order chi connectivity index (χ1) is 26.0. The first kappa shape index (κ1) is 43.8. The van der Waals surface area contributed by atoms with Crippen LogP contribution in [0.1, 0.15) is 159 Å². The fourth-order valence-electron chi connectivity index (χ4n) is 14.7. The van der Waals surface area contributed by atoms with Crippen LogP contribution in [0.4, 0.5) is 0 Å². The summed E-state index contributed by atoms with van der Waals surface area (Å²) in [7, 11) is 4.28. The molecule has 9 atom stereocenters. The number of allylic oxidation sites excluding steroid dienone is 1. The summed E-state index contributed by atoms with van der Waals surface area (Å²) in [5, 5.41) is 22.4. The van der Waals surface area contributed by atoms with Crippen molar-refractivity contribution in [2.24, 2.45) is 62.1 Å². The van der Waals surface area contributed by atoms with E-state index in [2.05, 4.69) is 72.4 Å². The zero-order valence-electron chi connectivity index (χ0n) is 37.4. The topological polar surface area (TPSA) is 107 Å². The van der Waals surface area contributed by atoms with Gasteiger partial charge in [0.25, 0.3) is 0 Å². The molecule has 318 valence electrons. The molecule has 0 heterocycles. The molecule has 8 nitrogen and oxygen atoms in total. The third kappa shape index (κ3) is 7.39. The Bertz CT molecular complexity index is 1530. The molecule has 0 radical (unpaired) electrons. The van der Waals surface area contributed by atoms with E-state index in [-0.39, 0.29) is 51.8 Å². The number of Topliss-reactive ketones (excluding diaryl/α,β-unsaturated/α-hetero) is 1. The number of ketones is 1. The van der Waals surface area contributed by atoms with Crippen LogP contribution in [0.15, 0.2) is 11.1 Å². The van der Waals surface area contributed by atoms with E-state index in [0.717, 1.165) is 76.6 Å². The number of hydrogen-bond acceptors (Lipinski definition) is 7. The third-order valence-electron chi connectivity index (χ3n) is 18.0. The summed E-state index contributed by atoms with van der Waals surface area (Å²) < 4.78 is 6.21. The standard InChI is InChI=1S/C48H80N2O6/c1-31(2)40-34(51)27-48(37(52)30-50(26-25-49(10)11)29-32-15-13-12-14-16-32)24-23-46(8)33(41(40)48)17-18-36-45(7)21-20-38(56-39(53)28-43(3,4)42(54)55)44(5,6)35(45)19-22-47(36,46)9/h31-33,35-38,52H,12-30H2,1-11H3,(H,54,55)/t33-,35+,36-,37+,38+,45+,46-,47-,48+/m1/s1. The Morgan fingerprint density at radius 1 is 0.857 bits per heavy atom. The number of carbonyl (C=O) groups excluding carboxylic acids is 2. The number of carbonyl (C=O) groups is 3. The number of aliphatic hydroxyl groups is 1. The molecule has 0 saturated heterocycles. The number of carboxylic acid groups (broad SMARTS) is 1. The lowest BCUT2D eigenvalue weighted by Gasteiger charge is -2.72. The molecule has 0 aromatic carbocycles. The summed E-state index contributed by atoms with van der Waals surface area (Å²) in [6, 6.07) is 0. The van der Waals surface area contributed by atoms with E-state index in [9.17, 15) is 24.6 Å². The van der Waals surface area contributed by atoms with Gasteiger partial charge in [0.1, 0.15) is 6.10 Å². The van der Waals surface area contributed by atoms with Crippen LogP contribution < -0.4 is 0 Å². The van der Waals surface area contributed by atoms with Crippen LogP contribution in [0, 0.1) is 62.1 Å². The molecule has 0 amide bonds. The zero-order chi connectivity index (χ0) is 41.2. The minimum absolute atomic E-state index is 0.00971. The predicted molar refractivity (Wildman–Crippen MR) is 223 cm³/mol. The second-order valence-electron chi connectivity index (χ2n) is 22.6. The number of esters is 1. The van der Waals surface area contributed by atoms with Gasteiger partial charge in [0.15, 0.2) is 5.78 Å². The molecule has 56 heavy (non-hydrogen) atoms. The molecule has 0 aliphatic heterocycles. The SMILES string of the molecule is CC(C)C1=C2[C@H]3CC[C@@H]4[C@@]5(C)CC[C@H](OC(=O)CC(C)(C)C(=O)O)C(C)(C)[C@@H]5CC[C@@]4(C)[C@]3(C)CC[C@@]2([C@@H](O)CN(CCN(C)C)CC2CCCCC2)CC1=O. The number of aliphatic carboxylic acids is 1. The number of rotatable bonds is 13. The van der Waals surface area contributed by atoms with E-state index in [4.69, 9.17) is 4.74 Å². The molecule has 0 aromatic rings.